The van der Waals surface area contributed by atoms with Gasteiger partial charge in [-0.2, -0.15) is 0 Å². The number of nitrogens with zero attached hydrogens (tertiary/aromatic N) is 3. The summed E-state index contributed by atoms with van der Waals surface area (Å²) in [6, 6.07) is 7.91. The largest absolute Gasteiger partial charge is 0.322 e. The maximum Gasteiger partial charge on any atom is 0.257 e. The highest BCUT2D eigenvalue weighted by atomic mass is 19.1. The first-order valence-corrected chi connectivity index (χ1v) is 6.92. The van der Waals surface area contributed by atoms with Crippen LogP contribution < -0.4 is 5.32 Å². The van der Waals surface area contributed by atoms with Gasteiger partial charge in [0.2, 0.25) is 0 Å². The van der Waals surface area contributed by atoms with E-state index in [0.29, 0.717) is 22.5 Å². The van der Waals surface area contributed by atoms with Crippen LogP contribution in [0.1, 0.15) is 15.9 Å². The van der Waals surface area contributed by atoms with Gasteiger partial charge in [-0.3, -0.25) is 9.78 Å². The van der Waals surface area contributed by atoms with Gasteiger partial charge < -0.3 is 5.32 Å². The Balaban J connectivity index is 1.76. The van der Waals surface area contributed by atoms with Crippen molar-refractivity contribution in [1.82, 2.24) is 15.0 Å². The molecule has 0 aliphatic carbocycles. The van der Waals surface area contributed by atoms with Gasteiger partial charge in [-0.25, -0.2) is 14.4 Å². The van der Waals surface area contributed by atoms with Crippen molar-refractivity contribution < 1.29 is 9.18 Å². The SMILES string of the molecule is Cc1ccc(NC(=O)c2ccc(-c3cncnc3)nc2)cc1F. The molecule has 0 unspecified atom stereocenters. The summed E-state index contributed by atoms with van der Waals surface area (Å²) >= 11 is 0. The molecule has 0 aliphatic rings. The van der Waals surface area contributed by atoms with Gasteiger partial charge in [-0.05, 0) is 36.8 Å². The summed E-state index contributed by atoms with van der Waals surface area (Å²) < 4.78 is 13.5. The van der Waals surface area contributed by atoms with E-state index in [2.05, 4.69) is 20.3 Å². The number of aromatic nitrogens is 3. The average Bonchev–Trinajstić information content (AvgIpc) is 2.59. The molecule has 5 nitrogen and oxygen atoms in total. The highest BCUT2D eigenvalue weighted by molar-refractivity contribution is 6.04. The Morgan fingerprint density at radius 3 is 2.52 bits per heavy atom. The second-order valence-corrected chi connectivity index (χ2v) is 4.98. The van der Waals surface area contributed by atoms with Gasteiger partial charge in [0.15, 0.2) is 0 Å². The summed E-state index contributed by atoms with van der Waals surface area (Å²) in [5, 5.41) is 2.64. The number of pyridine rings is 1. The average molecular weight is 308 g/mol. The minimum Gasteiger partial charge on any atom is -0.322 e. The van der Waals surface area contributed by atoms with Crippen molar-refractivity contribution in [2.75, 3.05) is 5.32 Å². The fraction of sp³-hybridized carbons (Fsp3) is 0.0588. The normalized spacial score (nSPS) is 10.3. The van der Waals surface area contributed by atoms with Crippen molar-refractivity contribution in [3.05, 3.63) is 72.2 Å². The second-order valence-electron chi connectivity index (χ2n) is 4.98. The number of rotatable bonds is 3. The van der Waals surface area contributed by atoms with Crippen LogP contribution in [-0.4, -0.2) is 20.9 Å². The predicted octanol–water partition coefficient (Wildman–Crippen LogP) is 3.24. The lowest BCUT2D eigenvalue weighted by Crippen LogP contribution is -2.12. The van der Waals surface area contributed by atoms with Crippen molar-refractivity contribution in [3.63, 3.8) is 0 Å². The number of amides is 1. The molecule has 0 saturated carbocycles. The van der Waals surface area contributed by atoms with E-state index < -0.39 is 0 Å². The molecule has 23 heavy (non-hydrogen) atoms. The topological polar surface area (TPSA) is 67.8 Å². The quantitative estimate of drug-likeness (QED) is 0.806. The van der Waals surface area contributed by atoms with Gasteiger partial charge >= 0.3 is 0 Å². The van der Waals surface area contributed by atoms with Crippen molar-refractivity contribution in [2.45, 2.75) is 6.92 Å². The van der Waals surface area contributed by atoms with Crippen LogP contribution in [-0.2, 0) is 0 Å². The van der Waals surface area contributed by atoms with Crippen LogP contribution in [0.4, 0.5) is 10.1 Å². The van der Waals surface area contributed by atoms with E-state index in [-0.39, 0.29) is 11.7 Å². The number of hydrogen-bond donors (Lipinski definition) is 1. The lowest BCUT2D eigenvalue weighted by molar-refractivity contribution is 0.102. The first kappa shape index (κ1) is 14.8. The van der Waals surface area contributed by atoms with Gasteiger partial charge in [-0.1, -0.05) is 6.07 Å². The van der Waals surface area contributed by atoms with Crippen LogP contribution in [0.15, 0.2) is 55.2 Å². The molecular weight excluding hydrogens is 295 g/mol. The summed E-state index contributed by atoms with van der Waals surface area (Å²) in [5.41, 5.74) is 2.74. The monoisotopic (exact) mass is 308 g/mol. The molecule has 2 aromatic heterocycles. The third-order valence-corrected chi connectivity index (χ3v) is 3.31. The lowest BCUT2D eigenvalue weighted by Gasteiger charge is -2.07. The van der Waals surface area contributed by atoms with Crippen molar-refractivity contribution in [3.8, 4) is 11.3 Å². The van der Waals surface area contributed by atoms with E-state index in [9.17, 15) is 9.18 Å². The molecule has 0 fully saturated rings. The first-order valence-electron chi connectivity index (χ1n) is 6.92. The fourth-order valence-electron chi connectivity index (χ4n) is 2.00. The van der Waals surface area contributed by atoms with E-state index in [1.807, 2.05) is 0 Å². The van der Waals surface area contributed by atoms with Crippen molar-refractivity contribution in [1.29, 1.82) is 0 Å². The zero-order chi connectivity index (χ0) is 16.2. The number of aryl methyl sites for hydroxylation is 1. The minimum absolute atomic E-state index is 0.350. The van der Waals surface area contributed by atoms with Crippen LogP contribution in [0, 0.1) is 12.7 Å². The standard InChI is InChI=1S/C17H13FN4O/c1-11-2-4-14(6-15(11)18)22-17(23)12-3-5-16(21-9-12)13-7-19-10-20-8-13/h2-10H,1H3,(H,22,23). The summed E-state index contributed by atoms with van der Waals surface area (Å²) in [4.78, 5) is 24.2. The van der Waals surface area contributed by atoms with E-state index >= 15 is 0 Å². The summed E-state index contributed by atoms with van der Waals surface area (Å²) in [6.45, 7) is 1.66. The Morgan fingerprint density at radius 2 is 1.87 bits per heavy atom. The van der Waals surface area contributed by atoms with E-state index in [1.165, 1.54) is 18.6 Å². The molecule has 0 radical (unpaired) electrons. The van der Waals surface area contributed by atoms with Crippen LogP contribution in [0.5, 0.6) is 0 Å². The Hall–Kier alpha value is -3.15. The molecule has 1 N–H and O–H groups in total. The second kappa shape index (κ2) is 6.31. The summed E-state index contributed by atoms with van der Waals surface area (Å²) in [7, 11) is 0. The first-order chi connectivity index (χ1) is 11.1. The molecule has 0 aliphatic heterocycles. The highest BCUT2D eigenvalue weighted by Crippen LogP contribution is 2.17. The summed E-state index contributed by atoms with van der Waals surface area (Å²) in [6.07, 6.45) is 6.18. The van der Waals surface area contributed by atoms with Crippen LogP contribution >= 0.6 is 0 Å². The van der Waals surface area contributed by atoms with Crippen LogP contribution in [0.3, 0.4) is 0 Å². The Kier molecular flexibility index (Phi) is 4.05. The lowest BCUT2D eigenvalue weighted by atomic mass is 10.1. The Labute approximate surface area is 132 Å². The Bertz CT molecular complexity index is 835. The van der Waals surface area contributed by atoms with Gasteiger partial charge in [0.25, 0.3) is 5.91 Å². The van der Waals surface area contributed by atoms with Crippen molar-refractivity contribution >= 4 is 11.6 Å². The van der Waals surface area contributed by atoms with Gasteiger partial charge in [0, 0.05) is 29.8 Å². The molecule has 1 aromatic carbocycles. The van der Waals surface area contributed by atoms with E-state index in [1.54, 1.807) is 43.6 Å². The zero-order valence-electron chi connectivity index (χ0n) is 12.3. The third-order valence-electron chi connectivity index (χ3n) is 3.31. The van der Waals surface area contributed by atoms with Gasteiger partial charge in [0.1, 0.15) is 12.1 Å². The predicted molar refractivity (Wildman–Crippen MR) is 84.4 cm³/mol. The molecular formula is C17H13FN4O. The smallest absolute Gasteiger partial charge is 0.257 e. The molecule has 0 atom stereocenters. The maximum atomic E-state index is 13.5. The number of hydrogen-bond acceptors (Lipinski definition) is 4. The summed E-state index contributed by atoms with van der Waals surface area (Å²) in [5.74, 6) is -0.711. The molecule has 114 valence electrons. The van der Waals surface area contributed by atoms with E-state index in [0.717, 1.165) is 5.56 Å². The molecule has 3 rings (SSSR count). The maximum absolute atomic E-state index is 13.5. The zero-order valence-corrected chi connectivity index (χ0v) is 12.3. The number of benzene rings is 1. The highest BCUT2D eigenvalue weighted by Gasteiger charge is 2.09. The van der Waals surface area contributed by atoms with Crippen molar-refractivity contribution in [2.24, 2.45) is 0 Å². The molecule has 1 amide bonds. The van der Waals surface area contributed by atoms with Gasteiger partial charge in [-0.15, -0.1) is 0 Å². The number of nitrogens with one attached hydrogen (secondary N) is 1. The number of anilines is 1. The minimum atomic E-state index is -0.361. The van der Waals surface area contributed by atoms with E-state index in [4.69, 9.17) is 0 Å². The van der Waals surface area contributed by atoms with Crippen LogP contribution in [0.2, 0.25) is 0 Å². The molecule has 0 spiro atoms. The fourth-order valence-corrected chi connectivity index (χ4v) is 2.00. The molecule has 0 saturated heterocycles. The molecule has 0 bridgehead atoms. The van der Waals surface area contributed by atoms with Gasteiger partial charge in [0.05, 0.1) is 11.3 Å². The third kappa shape index (κ3) is 3.37. The number of halogens is 1. The molecule has 3 aromatic rings. The number of carbonyl (C=O) groups excluding carboxylic acids is 1. The number of carbonyl (C=O) groups is 1. The van der Waals surface area contributed by atoms with Crippen LogP contribution in [0.25, 0.3) is 11.3 Å². The molecule has 6 heteroatoms. The Morgan fingerprint density at radius 1 is 1.09 bits per heavy atom. The molecule has 2 heterocycles.